The Bertz CT molecular complexity index is 543. The van der Waals surface area contributed by atoms with E-state index < -0.39 is 10.0 Å². The van der Waals surface area contributed by atoms with Gasteiger partial charge in [-0.05, 0) is 32.0 Å². The van der Waals surface area contributed by atoms with Crippen LogP contribution in [0, 0.1) is 0 Å². The van der Waals surface area contributed by atoms with Gasteiger partial charge in [-0.1, -0.05) is 22.0 Å². The zero-order chi connectivity index (χ0) is 13.4. The normalized spacial score (nSPS) is 20.8. The van der Waals surface area contributed by atoms with Crippen molar-refractivity contribution in [3.05, 3.63) is 28.7 Å². The van der Waals surface area contributed by atoms with Gasteiger partial charge in [-0.25, -0.2) is 8.42 Å². The van der Waals surface area contributed by atoms with Gasteiger partial charge in [0.05, 0.1) is 4.90 Å². The summed E-state index contributed by atoms with van der Waals surface area (Å²) in [5, 5.41) is 0. The SMILES string of the molecule is CC1(C)CN(S(=O)(=O)c2cccc(Br)c2)CCS1. The number of nitrogens with zero attached hydrogens (tertiary/aromatic N) is 1. The number of rotatable bonds is 2. The predicted octanol–water partition coefficient (Wildman–Crippen LogP) is 2.97. The van der Waals surface area contributed by atoms with Crippen molar-refractivity contribution in [2.75, 3.05) is 18.8 Å². The minimum atomic E-state index is -3.37. The molecular formula is C12H16BrNO2S2. The molecule has 6 heteroatoms. The van der Waals surface area contributed by atoms with E-state index in [2.05, 4.69) is 29.8 Å². The maximum absolute atomic E-state index is 12.5. The summed E-state index contributed by atoms with van der Waals surface area (Å²) in [6.07, 6.45) is 0. The maximum Gasteiger partial charge on any atom is 0.243 e. The molecule has 0 amide bonds. The minimum absolute atomic E-state index is 0.0165. The van der Waals surface area contributed by atoms with E-state index in [-0.39, 0.29) is 4.75 Å². The first-order valence-corrected chi connectivity index (χ1v) is 8.93. The number of hydrogen-bond acceptors (Lipinski definition) is 3. The first kappa shape index (κ1) is 14.4. The van der Waals surface area contributed by atoms with Crippen molar-refractivity contribution in [2.45, 2.75) is 23.5 Å². The van der Waals surface area contributed by atoms with Gasteiger partial charge >= 0.3 is 0 Å². The molecule has 0 bridgehead atoms. The van der Waals surface area contributed by atoms with Crippen molar-refractivity contribution in [1.29, 1.82) is 0 Å². The first-order chi connectivity index (χ1) is 8.31. The van der Waals surface area contributed by atoms with E-state index >= 15 is 0 Å². The molecule has 0 atom stereocenters. The second-order valence-corrected chi connectivity index (χ2v) is 9.56. The molecule has 0 aliphatic carbocycles. The Balaban J connectivity index is 2.31. The summed E-state index contributed by atoms with van der Waals surface area (Å²) < 4.78 is 27.4. The Morgan fingerprint density at radius 2 is 2.11 bits per heavy atom. The van der Waals surface area contributed by atoms with Gasteiger partial charge in [0.15, 0.2) is 0 Å². The van der Waals surface area contributed by atoms with E-state index in [0.29, 0.717) is 18.0 Å². The summed E-state index contributed by atoms with van der Waals surface area (Å²) in [5.74, 6) is 0.847. The van der Waals surface area contributed by atoms with E-state index in [9.17, 15) is 8.42 Å². The standard InChI is InChI=1S/C12H16BrNO2S2/c1-12(2)9-14(6-7-17-12)18(15,16)11-5-3-4-10(13)8-11/h3-5,8H,6-7,9H2,1-2H3. The minimum Gasteiger partial charge on any atom is -0.207 e. The lowest BCUT2D eigenvalue weighted by atomic mass is 10.2. The van der Waals surface area contributed by atoms with Crippen LogP contribution >= 0.6 is 27.7 Å². The average molecular weight is 350 g/mol. The average Bonchev–Trinajstić information content (AvgIpc) is 2.27. The predicted molar refractivity (Wildman–Crippen MR) is 79.4 cm³/mol. The van der Waals surface area contributed by atoms with Gasteiger partial charge in [-0.2, -0.15) is 16.1 Å². The van der Waals surface area contributed by atoms with Gasteiger partial charge in [0.2, 0.25) is 10.0 Å². The van der Waals surface area contributed by atoms with Gasteiger partial charge in [-0.15, -0.1) is 0 Å². The Labute approximate surface area is 121 Å². The van der Waals surface area contributed by atoms with Crippen LogP contribution in [0.5, 0.6) is 0 Å². The van der Waals surface area contributed by atoms with Crippen LogP contribution in [-0.4, -0.2) is 36.3 Å². The molecule has 1 aromatic rings. The summed E-state index contributed by atoms with van der Waals surface area (Å²) in [6, 6.07) is 6.88. The Hall–Kier alpha value is -0.0400. The zero-order valence-corrected chi connectivity index (χ0v) is 13.6. The van der Waals surface area contributed by atoms with Crippen LogP contribution in [0.25, 0.3) is 0 Å². The van der Waals surface area contributed by atoms with E-state index in [0.717, 1.165) is 10.2 Å². The van der Waals surface area contributed by atoms with Crippen LogP contribution in [0.1, 0.15) is 13.8 Å². The highest BCUT2D eigenvalue weighted by Gasteiger charge is 2.34. The van der Waals surface area contributed by atoms with Crippen LogP contribution in [0.15, 0.2) is 33.6 Å². The lowest BCUT2D eigenvalue weighted by Crippen LogP contribution is -2.46. The number of benzene rings is 1. The third kappa shape index (κ3) is 3.10. The molecule has 100 valence electrons. The van der Waals surface area contributed by atoms with Crippen LogP contribution in [0.3, 0.4) is 0 Å². The monoisotopic (exact) mass is 349 g/mol. The van der Waals surface area contributed by atoms with Gasteiger partial charge < -0.3 is 0 Å². The van der Waals surface area contributed by atoms with Gasteiger partial charge in [0.25, 0.3) is 0 Å². The molecule has 0 saturated carbocycles. The molecule has 1 aliphatic rings. The topological polar surface area (TPSA) is 37.4 Å². The molecule has 18 heavy (non-hydrogen) atoms. The molecule has 2 rings (SSSR count). The molecular weight excluding hydrogens is 334 g/mol. The fourth-order valence-electron chi connectivity index (χ4n) is 1.95. The maximum atomic E-state index is 12.5. The molecule has 3 nitrogen and oxygen atoms in total. The highest BCUT2D eigenvalue weighted by Crippen LogP contribution is 2.32. The molecule has 1 heterocycles. The largest absolute Gasteiger partial charge is 0.243 e. The second-order valence-electron chi connectivity index (χ2n) is 4.90. The zero-order valence-electron chi connectivity index (χ0n) is 10.4. The van der Waals surface area contributed by atoms with E-state index in [1.165, 1.54) is 0 Å². The van der Waals surface area contributed by atoms with E-state index in [1.54, 1.807) is 22.5 Å². The molecule has 1 aromatic carbocycles. The van der Waals surface area contributed by atoms with Crippen molar-refractivity contribution < 1.29 is 8.42 Å². The van der Waals surface area contributed by atoms with Gasteiger partial charge in [0.1, 0.15) is 0 Å². The fourth-order valence-corrected chi connectivity index (χ4v) is 5.46. The van der Waals surface area contributed by atoms with E-state index in [1.807, 2.05) is 17.8 Å². The highest BCUT2D eigenvalue weighted by atomic mass is 79.9. The van der Waals surface area contributed by atoms with Crippen LogP contribution < -0.4 is 0 Å². The summed E-state index contributed by atoms with van der Waals surface area (Å²) in [7, 11) is -3.37. The number of halogens is 1. The summed E-state index contributed by atoms with van der Waals surface area (Å²) in [4.78, 5) is 0.361. The van der Waals surface area contributed by atoms with Gasteiger partial charge in [0, 0.05) is 28.1 Å². The lowest BCUT2D eigenvalue weighted by molar-refractivity contribution is 0.387. The van der Waals surface area contributed by atoms with Crippen molar-refractivity contribution in [2.24, 2.45) is 0 Å². The van der Waals surface area contributed by atoms with Crippen molar-refractivity contribution in [1.82, 2.24) is 4.31 Å². The highest BCUT2D eigenvalue weighted by molar-refractivity contribution is 9.10. The lowest BCUT2D eigenvalue weighted by Gasteiger charge is -2.36. The number of hydrogen-bond donors (Lipinski definition) is 0. The molecule has 1 aliphatic heterocycles. The van der Waals surface area contributed by atoms with Crippen LogP contribution in [-0.2, 0) is 10.0 Å². The molecule has 0 spiro atoms. The quantitative estimate of drug-likeness (QED) is 0.823. The third-order valence-electron chi connectivity index (χ3n) is 2.82. The molecule has 1 saturated heterocycles. The molecule has 0 unspecified atom stereocenters. The fraction of sp³-hybridized carbons (Fsp3) is 0.500. The Morgan fingerprint density at radius 1 is 1.39 bits per heavy atom. The molecule has 0 aromatic heterocycles. The summed E-state index contributed by atoms with van der Waals surface area (Å²) >= 11 is 5.14. The molecule has 1 fully saturated rings. The smallest absolute Gasteiger partial charge is 0.207 e. The first-order valence-electron chi connectivity index (χ1n) is 5.71. The van der Waals surface area contributed by atoms with Crippen molar-refractivity contribution in [3.63, 3.8) is 0 Å². The van der Waals surface area contributed by atoms with Crippen molar-refractivity contribution >= 4 is 37.7 Å². The number of thioether (sulfide) groups is 1. The summed E-state index contributed by atoms with van der Waals surface area (Å²) in [5.41, 5.74) is 0. The molecule has 0 radical (unpaired) electrons. The Morgan fingerprint density at radius 3 is 2.72 bits per heavy atom. The number of sulfonamides is 1. The summed E-state index contributed by atoms with van der Waals surface area (Å²) in [6.45, 7) is 5.32. The second kappa shape index (κ2) is 5.15. The Kier molecular flexibility index (Phi) is 4.11. The van der Waals surface area contributed by atoms with Crippen LogP contribution in [0.4, 0.5) is 0 Å². The van der Waals surface area contributed by atoms with Gasteiger partial charge in [-0.3, -0.25) is 0 Å². The third-order valence-corrected chi connectivity index (χ3v) is 6.46. The van der Waals surface area contributed by atoms with Crippen molar-refractivity contribution in [3.8, 4) is 0 Å². The van der Waals surface area contributed by atoms with Crippen LogP contribution in [0.2, 0.25) is 0 Å². The van der Waals surface area contributed by atoms with E-state index in [4.69, 9.17) is 0 Å². The molecule has 0 N–H and O–H groups in total.